The average Bonchev–Trinajstić information content (AvgIpc) is 3.01. The highest BCUT2D eigenvalue weighted by molar-refractivity contribution is 8.27. The van der Waals surface area contributed by atoms with Crippen LogP contribution in [0.3, 0.4) is 0 Å². The van der Waals surface area contributed by atoms with Crippen molar-refractivity contribution in [2.24, 2.45) is 0 Å². The molecule has 136 valence electrons. The molecule has 4 nitrogen and oxygen atoms in total. The summed E-state index contributed by atoms with van der Waals surface area (Å²) in [5.41, 5.74) is 3.89. The fourth-order valence-electron chi connectivity index (χ4n) is 3.28. The number of rotatable bonds is 3. The third-order valence-electron chi connectivity index (χ3n) is 4.59. The van der Waals surface area contributed by atoms with Gasteiger partial charge < -0.3 is 9.64 Å². The molecule has 2 heterocycles. The summed E-state index contributed by atoms with van der Waals surface area (Å²) in [5.74, 6) is 0.652. The molecule has 2 aromatic carbocycles. The largest absolute Gasteiger partial charge is 0.497 e. The Balaban J connectivity index is 1.74. The highest BCUT2D eigenvalue weighted by Gasteiger charge is 2.37. The molecule has 2 aliphatic rings. The summed E-state index contributed by atoms with van der Waals surface area (Å²) < 4.78 is 5.74. The molecule has 6 heteroatoms. The Labute approximate surface area is 168 Å². The number of benzene rings is 2. The number of carbonyl (C=O) groups is 1. The van der Waals surface area contributed by atoms with Gasteiger partial charge in [-0.05, 0) is 48.9 Å². The second-order valence-electron chi connectivity index (χ2n) is 6.06. The lowest BCUT2D eigenvalue weighted by Crippen LogP contribution is -2.30. The molecule has 1 saturated heterocycles. The number of allylic oxidation sites excluding steroid dienone is 1. The number of fused-ring (bicyclic) bond motifs is 1. The van der Waals surface area contributed by atoms with Crippen LogP contribution in [0.15, 0.2) is 65.2 Å². The average molecular weight is 395 g/mol. The van der Waals surface area contributed by atoms with Gasteiger partial charge in [-0.25, -0.2) is 0 Å². The summed E-state index contributed by atoms with van der Waals surface area (Å²) >= 11 is 6.87. The predicted molar refractivity (Wildman–Crippen MR) is 116 cm³/mol. The van der Waals surface area contributed by atoms with Crippen LogP contribution in [-0.4, -0.2) is 23.9 Å². The van der Waals surface area contributed by atoms with Crippen LogP contribution in [0.4, 0.5) is 11.4 Å². The van der Waals surface area contributed by atoms with Gasteiger partial charge in [-0.3, -0.25) is 9.69 Å². The molecule has 2 aliphatic heterocycles. The fourth-order valence-corrected chi connectivity index (χ4v) is 4.63. The van der Waals surface area contributed by atoms with Crippen molar-refractivity contribution < 1.29 is 9.53 Å². The molecule has 1 amide bonds. The zero-order valence-corrected chi connectivity index (χ0v) is 16.6. The van der Waals surface area contributed by atoms with Gasteiger partial charge in [0.25, 0.3) is 5.91 Å². The van der Waals surface area contributed by atoms with Crippen molar-refractivity contribution in [2.75, 3.05) is 23.5 Å². The minimum absolute atomic E-state index is 0.0901. The highest BCUT2D eigenvalue weighted by Crippen LogP contribution is 2.41. The van der Waals surface area contributed by atoms with Gasteiger partial charge in [0.2, 0.25) is 0 Å². The first-order valence-corrected chi connectivity index (χ1v) is 9.85. The van der Waals surface area contributed by atoms with Gasteiger partial charge in [-0.2, -0.15) is 0 Å². The molecule has 0 aliphatic carbocycles. The summed E-state index contributed by atoms with van der Waals surface area (Å²) in [7, 11) is 1.62. The second kappa shape index (κ2) is 7.21. The topological polar surface area (TPSA) is 32.8 Å². The first kappa shape index (κ1) is 17.8. The number of thiocarbonyl (C=S) groups is 1. The van der Waals surface area contributed by atoms with E-state index in [-0.39, 0.29) is 5.91 Å². The van der Waals surface area contributed by atoms with Crippen molar-refractivity contribution in [1.29, 1.82) is 0 Å². The molecule has 4 rings (SSSR count). The minimum Gasteiger partial charge on any atom is -0.497 e. The van der Waals surface area contributed by atoms with E-state index in [1.165, 1.54) is 11.8 Å². The number of methoxy groups -OCH3 is 1. The van der Waals surface area contributed by atoms with E-state index in [9.17, 15) is 4.79 Å². The van der Waals surface area contributed by atoms with Crippen LogP contribution < -0.4 is 14.5 Å². The van der Waals surface area contributed by atoms with Crippen LogP contribution in [0.5, 0.6) is 5.75 Å². The number of hydrogen-bond acceptors (Lipinski definition) is 5. The first-order chi connectivity index (χ1) is 13.1. The Morgan fingerprint density at radius 3 is 2.52 bits per heavy atom. The van der Waals surface area contributed by atoms with E-state index in [0.717, 1.165) is 34.9 Å². The third kappa shape index (κ3) is 3.05. The Bertz CT molecular complexity index is 980. The molecule has 27 heavy (non-hydrogen) atoms. The summed E-state index contributed by atoms with van der Waals surface area (Å²) in [6.45, 7) is 2.85. The van der Waals surface area contributed by atoms with Crippen molar-refractivity contribution in [3.05, 3.63) is 70.8 Å². The van der Waals surface area contributed by atoms with E-state index in [1.54, 1.807) is 12.0 Å². The van der Waals surface area contributed by atoms with Gasteiger partial charge >= 0.3 is 0 Å². The molecule has 0 saturated carbocycles. The van der Waals surface area contributed by atoms with Gasteiger partial charge in [0, 0.05) is 12.2 Å². The Kier molecular flexibility index (Phi) is 4.76. The summed E-state index contributed by atoms with van der Waals surface area (Å²) in [5, 5.41) is 0. The lowest BCUT2D eigenvalue weighted by atomic mass is 10.1. The number of para-hydroxylation sites is 1. The molecule has 0 atom stereocenters. The minimum atomic E-state index is -0.0901. The smallest absolute Gasteiger partial charge is 0.272 e. The normalized spacial score (nSPS) is 18.9. The third-order valence-corrected chi connectivity index (χ3v) is 5.97. The molecule has 0 spiro atoms. The van der Waals surface area contributed by atoms with Crippen LogP contribution in [0.2, 0.25) is 0 Å². The van der Waals surface area contributed by atoms with Crippen LogP contribution in [-0.2, 0) is 4.79 Å². The van der Waals surface area contributed by atoms with Crippen molar-refractivity contribution in [2.45, 2.75) is 6.92 Å². The predicted octanol–water partition coefficient (Wildman–Crippen LogP) is 4.82. The van der Waals surface area contributed by atoms with Gasteiger partial charge in [0.05, 0.1) is 18.5 Å². The zero-order valence-electron chi connectivity index (χ0n) is 15.0. The summed E-state index contributed by atoms with van der Waals surface area (Å²) in [4.78, 5) is 17.6. The number of likely N-dealkylation sites (N-methyl/N-ethyl adjacent to an activating group) is 1. The van der Waals surface area contributed by atoms with E-state index in [0.29, 0.717) is 9.23 Å². The Hall–Kier alpha value is -2.57. The van der Waals surface area contributed by atoms with Crippen molar-refractivity contribution >= 4 is 51.7 Å². The van der Waals surface area contributed by atoms with Gasteiger partial charge in [0.1, 0.15) is 10.7 Å². The van der Waals surface area contributed by atoms with E-state index in [4.69, 9.17) is 17.0 Å². The molecule has 0 bridgehead atoms. The number of thioether (sulfide) groups is 1. The number of amides is 1. The van der Waals surface area contributed by atoms with Crippen LogP contribution in [0, 0.1) is 0 Å². The van der Waals surface area contributed by atoms with Gasteiger partial charge in [-0.1, -0.05) is 48.3 Å². The number of hydrogen-bond donors (Lipinski definition) is 0. The SMILES string of the molecule is CCN1/C(=C2/SC(=S)N(c3ccc(OC)cc3)C2=O)C=Cc2ccccc21. The molecule has 0 radical (unpaired) electrons. The number of nitrogens with zero attached hydrogens (tertiary/aromatic N) is 2. The van der Waals surface area contributed by atoms with Gasteiger partial charge in [-0.15, -0.1) is 0 Å². The molecule has 0 N–H and O–H groups in total. The molecule has 1 fully saturated rings. The molecule has 2 aromatic rings. The highest BCUT2D eigenvalue weighted by atomic mass is 32.2. The molecular formula is C21H18N2O2S2. The maximum Gasteiger partial charge on any atom is 0.272 e. The number of ether oxygens (including phenoxy) is 1. The Morgan fingerprint density at radius 2 is 1.81 bits per heavy atom. The zero-order chi connectivity index (χ0) is 19.0. The standard InChI is InChI=1S/C21H18N2O2S2/c1-3-22-17-7-5-4-6-14(17)8-13-18(22)19-20(24)23(21(26)27-19)15-9-11-16(25-2)12-10-15/h4-13H,3H2,1-2H3/b19-18+. The summed E-state index contributed by atoms with van der Waals surface area (Å²) in [6, 6.07) is 15.5. The number of anilines is 2. The fraction of sp³-hybridized carbons (Fsp3) is 0.143. The summed E-state index contributed by atoms with van der Waals surface area (Å²) in [6.07, 6.45) is 4.06. The molecule has 0 aromatic heterocycles. The Morgan fingerprint density at radius 1 is 1.07 bits per heavy atom. The monoisotopic (exact) mass is 394 g/mol. The first-order valence-electron chi connectivity index (χ1n) is 8.63. The van der Waals surface area contributed by atoms with E-state index >= 15 is 0 Å². The van der Waals surface area contributed by atoms with Crippen LogP contribution >= 0.6 is 24.0 Å². The van der Waals surface area contributed by atoms with Crippen LogP contribution in [0.1, 0.15) is 12.5 Å². The van der Waals surface area contributed by atoms with Gasteiger partial charge in [0.15, 0.2) is 4.32 Å². The van der Waals surface area contributed by atoms with E-state index in [2.05, 4.69) is 30.0 Å². The van der Waals surface area contributed by atoms with Crippen molar-refractivity contribution in [1.82, 2.24) is 0 Å². The second-order valence-corrected chi connectivity index (χ2v) is 7.70. The van der Waals surface area contributed by atoms with Crippen molar-refractivity contribution in [3.8, 4) is 5.75 Å². The quantitative estimate of drug-likeness (QED) is 0.550. The van der Waals surface area contributed by atoms with E-state index in [1.807, 2.05) is 42.5 Å². The molecule has 0 unspecified atom stereocenters. The lowest BCUT2D eigenvalue weighted by molar-refractivity contribution is -0.113. The maximum absolute atomic E-state index is 13.2. The lowest BCUT2D eigenvalue weighted by Gasteiger charge is -2.30. The van der Waals surface area contributed by atoms with E-state index < -0.39 is 0 Å². The maximum atomic E-state index is 13.2. The van der Waals surface area contributed by atoms with Crippen LogP contribution in [0.25, 0.3) is 6.08 Å². The molecular weight excluding hydrogens is 376 g/mol. The number of carbonyl (C=O) groups excluding carboxylic acids is 1. The van der Waals surface area contributed by atoms with Crippen molar-refractivity contribution in [3.63, 3.8) is 0 Å².